The fourth-order valence-electron chi connectivity index (χ4n) is 2.40. The predicted molar refractivity (Wildman–Crippen MR) is 110 cm³/mol. The first-order valence-corrected chi connectivity index (χ1v) is 10.5. The standard InChI is InChI=1S/C20H23N3O6S/c1-12-4-5-15(10-13(12)2)20(26)22-11-18(24)29-14(3)19(25)23-16-6-8-17(9-7-16)30(21,27)28/h4-10,14H,11H2,1-3H3,(H,22,26)(H,23,25)(H2,21,27,28). The van der Waals surface area contributed by atoms with Crippen LogP contribution in [0, 0.1) is 13.8 Å². The van der Waals surface area contributed by atoms with Crippen LogP contribution in [-0.2, 0) is 24.3 Å². The van der Waals surface area contributed by atoms with Crippen LogP contribution in [0.25, 0.3) is 0 Å². The van der Waals surface area contributed by atoms with E-state index in [9.17, 15) is 22.8 Å². The summed E-state index contributed by atoms with van der Waals surface area (Å²) in [6, 6.07) is 10.4. The molecule has 2 rings (SSSR count). The summed E-state index contributed by atoms with van der Waals surface area (Å²) < 4.78 is 27.5. The molecule has 0 fully saturated rings. The number of nitrogens with two attached hydrogens (primary N) is 1. The van der Waals surface area contributed by atoms with E-state index >= 15 is 0 Å². The summed E-state index contributed by atoms with van der Waals surface area (Å²) in [6.45, 7) is 4.78. The van der Waals surface area contributed by atoms with Gasteiger partial charge in [0.1, 0.15) is 6.54 Å². The third-order valence-electron chi connectivity index (χ3n) is 4.29. The Balaban J connectivity index is 1.85. The Morgan fingerprint density at radius 1 is 1.03 bits per heavy atom. The number of sulfonamides is 1. The van der Waals surface area contributed by atoms with Gasteiger partial charge in [-0.3, -0.25) is 14.4 Å². The molecule has 1 unspecified atom stereocenters. The quantitative estimate of drug-likeness (QED) is 0.561. The molecular weight excluding hydrogens is 410 g/mol. The lowest BCUT2D eigenvalue weighted by Gasteiger charge is -2.14. The molecule has 0 aliphatic carbocycles. The smallest absolute Gasteiger partial charge is 0.326 e. The Bertz CT molecular complexity index is 1060. The van der Waals surface area contributed by atoms with Gasteiger partial charge in [0.15, 0.2) is 6.10 Å². The van der Waals surface area contributed by atoms with Gasteiger partial charge in [0.25, 0.3) is 11.8 Å². The van der Waals surface area contributed by atoms with E-state index in [4.69, 9.17) is 9.88 Å². The van der Waals surface area contributed by atoms with Crippen LogP contribution in [0.4, 0.5) is 5.69 Å². The number of benzene rings is 2. The second kappa shape index (κ2) is 9.51. The Morgan fingerprint density at radius 2 is 1.67 bits per heavy atom. The fraction of sp³-hybridized carbons (Fsp3) is 0.250. The van der Waals surface area contributed by atoms with E-state index in [-0.39, 0.29) is 4.90 Å². The lowest BCUT2D eigenvalue weighted by Crippen LogP contribution is -2.35. The van der Waals surface area contributed by atoms with Crippen molar-refractivity contribution in [2.45, 2.75) is 31.8 Å². The maximum absolute atomic E-state index is 12.1. The summed E-state index contributed by atoms with van der Waals surface area (Å²) in [4.78, 5) is 36.1. The number of aryl methyl sites for hydroxylation is 2. The zero-order valence-electron chi connectivity index (χ0n) is 16.8. The highest BCUT2D eigenvalue weighted by atomic mass is 32.2. The Labute approximate surface area is 174 Å². The van der Waals surface area contributed by atoms with Crippen LogP contribution in [0.1, 0.15) is 28.4 Å². The molecule has 2 aromatic rings. The molecule has 30 heavy (non-hydrogen) atoms. The van der Waals surface area contributed by atoms with E-state index in [0.29, 0.717) is 11.3 Å². The molecule has 10 heteroatoms. The monoisotopic (exact) mass is 433 g/mol. The SMILES string of the molecule is Cc1ccc(C(=O)NCC(=O)OC(C)C(=O)Nc2ccc(S(N)(=O)=O)cc2)cc1C. The fourth-order valence-corrected chi connectivity index (χ4v) is 2.92. The summed E-state index contributed by atoms with van der Waals surface area (Å²) >= 11 is 0. The first-order valence-electron chi connectivity index (χ1n) is 8.96. The van der Waals surface area contributed by atoms with Crippen molar-refractivity contribution in [3.8, 4) is 0 Å². The number of carbonyl (C=O) groups is 3. The highest BCUT2D eigenvalue weighted by Crippen LogP contribution is 2.13. The van der Waals surface area contributed by atoms with Gasteiger partial charge in [0, 0.05) is 11.3 Å². The molecule has 2 amide bonds. The number of nitrogens with one attached hydrogen (secondary N) is 2. The first kappa shape index (κ1) is 23.0. The minimum Gasteiger partial charge on any atom is -0.451 e. The van der Waals surface area contributed by atoms with E-state index < -0.39 is 40.5 Å². The minimum absolute atomic E-state index is 0.0977. The molecule has 1 atom stereocenters. The van der Waals surface area contributed by atoms with Crippen LogP contribution in [-0.4, -0.2) is 38.9 Å². The van der Waals surface area contributed by atoms with Crippen molar-refractivity contribution in [3.63, 3.8) is 0 Å². The Kier molecular flexibility index (Phi) is 7.30. The summed E-state index contributed by atoms with van der Waals surface area (Å²) in [7, 11) is -3.83. The molecular formula is C20H23N3O6S. The van der Waals surface area contributed by atoms with Crippen LogP contribution in [0.15, 0.2) is 47.4 Å². The summed E-state index contributed by atoms with van der Waals surface area (Å²) in [5, 5.41) is 9.94. The molecule has 0 bridgehead atoms. The van der Waals surface area contributed by atoms with Crippen LogP contribution in [0.5, 0.6) is 0 Å². The number of ether oxygens (including phenoxy) is 1. The molecule has 0 spiro atoms. The van der Waals surface area contributed by atoms with Gasteiger partial charge in [-0.15, -0.1) is 0 Å². The van der Waals surface area contributed by atoms with Gasteiger partial charge < -0.3 is 15.4 Å². The Hall–Kier alpha value is -3.24. The van der Waals surface area contributed by atoms with Crippen LogP contribution in [0.2, 0.25) is 0 Å². The van der Waals surface area contributed by atoms with Crippen molar-refractivity contribution >= 4 is 33.5 Å². The first-order chi connectivity index (χ1) is 14.0. The van der Waals surface area contributed by atoms with Gasteiger partial charge in [-0.1, -0.05) is 6.07 Å². The summed E-state index contributed by atoms with van der Waals surface area (Å²) in [5.41, 5.74) is 2.72. The number of anilines is 1. The van der Waals surface area contributed by atoms with E-state index in [1.807, 2.05) is 19.9 Å². The van der Waals surface area contributed by atoms with E-state index in [0.717, 1.165) is 11.1 Å². The van der Waals surface area contributed by atoms with Gasteiger partial charge in [-0.25, -0.2) is 13.6 Å². The van der Waals surface area contributed by atoms with Crippen molar-refractivity contribution in [2.24, 2.45) is 5.14 Å². The molecule has 0 radical (unpaired) electrons. The van der Waals surface area contributed by atoms with Crippen LogP contribution in [0.3, 0.4) is 0 Å². The highest BCUT2D eigenvalue weighted by molar-refractivity contribution is 7.89. The molecule has 0 heterocycles. The maximum atomic E-state index is 12.1. The van der Waals surface area contributed by atoms with Gasteiger partial charge >= 0.3 is 5.97 Å². The van der Waals surface area contributed by atoms with E-state index in [1.54, 1.807) is 12.1 Å². The maximum Gasteiger partial charge on any atom is 0.326 e. The van der Waals surface area contributed by atoms with Gasteiger partial charge in [0.05, 0.1) is 4.90 Å². The number of hydrogen-bond acceptors (Lipinski definition) is 6. The zero-order chi connectivity index (χ0) is 22.5. The Morgan fingerprint density at radius 3 is 2.23 bits per heavy atom. The van der Waals surface area contributed by atoms with Crippen molar-refractivity contribution in [2.75, 3.05) is 11.9 Å². The third kappa shape index (κ3) is 6.39. The largest absolute Gasteiger partial charge is 0.451 e. The third-order valence-corrected chi connectivity index (χ3v) is 5.22. The number of hydrogen-bond donors (Lipinski definition) is 3. The molecule has 2 aromatic carbocycles. The summed E-state index contributed by atoms with van der Waals surface area (Å²) in [5.74, 6) is -1.83. The molecule has 9 nitrogen and oxygen atoms in total. The molecule has 0 aromatic heterocycles. The van der Waals surface area contributed by atoms with Crippen molar-refractivity contribution in [3.05, 3.63) is 59.2 Å². The predicted octanol–water partition coefficient (Wildman–Crippen LogP) is 1.25. The van der Waals surface area contributed by atoms with E-state index in [1.165, 1.54) is 31.2 Å². The number of esters is 1. The van der Waals surface area contributed by atoms with Crippen molar-refractivity contribution in [1.29, 1.82) is 0 Å². The van der Waals surface area contributed by atoms with Crippen molar-refractivity contribution in [1.82, 2.24) is 5.32 Å². The topological polar surface area (TPSA) is 145 Å². The molecule has 160 valence electrons. The van der Waals surface area contributed by atoms with Crippen LogP contribution < -0.4 is 15.8 Å². The zero-order valence-corrected chi connectivity index (χ0v) is 17.6. The lowest BCUT2D eigenvalue weighted by atomic mass is 10.1. The number of carbonyl (C=O) groups excluding carboxylic acids is 3. The lowest BCUT2D eigenvalue weighted by molar-refractivity contribution is -0.152. The molecule has 0 aliphatic heterocycles. The molecule has 4 N–H and O–H groups in total. The number of rotatable bonds is 7. The number of primary sulfonamides is 1. The normalized spacial score (nSPS) is 12.0. The summed E-state index contributed by atoms with van der Waals surface area (Å²) in [6.07, 6.45) is -1.13. The average Bonchev–Trinajstić information content (AvgIpc) is 2.67. The number of amides is 2. The second-order valence-electron chi connectivity index (χ2n) is 6.67. The molecule has 0 saturated carbocycles. The minimum atomic E-state index is -3.83. The van der Waals surface area contributed by atoms with Gasteiger partial charge in [0.2, 0.25) is 10.0 Å². The van der Waals surface area contributed by atoms with Gasteiger partial charge in [-0.2, -0.15) is 0 Å². The highest BCUT2D eigenvalue weighted by Gasteiger charge is 2.19. The molecule has 0 aliphatic rings. The van der Waals surface area contributed by atoms with Crippen LogP contribution >= 0.6 is 0 Å². The average molecular weight is 433 g/mol. The molecule has 0 saturated heterocycles. The van der Waals surface area contributed by atoms with Gasteiger partial charge in [-0.05, 0) is 68.3 Å². The van der Waals surface area contributed by atoms with E-state index in [2.05, 4.69) is 10.6 Å². The second-order valence-corrected chi connectivity index (χ2v) is 8.23. The van der Waals surface area contributed by atoms with Crippen molar-refractivity contribution < 1.29 is 27.5 Å².